The SMILES string of the molecule is COc1cc(/C=C/C(=O)OCCCO[N+](=O)[O-])ccc1OC(=O)CC1(CN)CCCCC1.Cl. The Labute approximate surface area is 198 Å². The maximum Gasteiger partial charge on any atom is 0.330 e. The van der Waals surface area contributed by atoms with Crippen molar-refractivity contribution in [2.75, 3.05) is 26.9 Å². The predicted molar refractivity (Wildman–Crippen MR) is 123 cm³/mol. The second kappa shape index (κ2) is 14.3. The van der Waals surface area contributed by atoms with Crippen molar-refractivity contribution in [3.63, 3.8) is 0 Å². The molecule has 2 N–H and O–H groups in total. The first-order valence-electron chi connectivity index (χ1n) is 10.6. The van der Waals surface area contributed by atoms with E-state index in [1.165, 1.54) is 25.7 Å². The van der Waals surface area contributed by atoms with E-state index >= 15 is 0 Å². The molecule has 1 aliphatic rings. The zero-order valence-corrected chi connectivity index (χ0v) is 19.5. The number of carbonyl (C=O) groups is 2. The molecule has 184 valence electrons. The highest BCUT2D eigenvalue weighted by molar-refractivity contribution is 5.87. The van der Waals surface area contributed by atoms with Gasteiger partial charge in [0.15, 0.2) is 11.5 Å². The zero-order valence-electron chi connectivity index (χ0n) is 18.7. The highest BCUT2D eigenvalue weighted by Crippen LogP contribution is 2.39. The molecule has 0 aromatic heterocycles. The van der Waals surface area contributed by atoms with E-state index in [0.29, 0.717) is 23.6 Å². The average molecular weight is 487 g/mol. The van der Waals surface area contributed by atoms with Crippen molar-refractivity contribution in [3.8, 4) is 11.5 Å². The van der Waals surface area contributed by atoms with Gasteiger partial charge in [0.05, 0.1) is 26.7 Å². The third kappa shape index (κ3) is 9.67. The van der Waals surface area contributed by atoms with Crippen molar-refractivity contribution in [2.24, 2.45) is 11.1 Å². The number of nitrogens with zero attached hydrogens (tertiary/aromatic N) is 1. The number of hydrogen-bond acceptors (Lipinski definition) is 9. The number of esters is 2. The molecule has 0 heterocycles. The molecule has 0 atom stereocenters. The normalized spacial score (nSPS) is 14.7. The van der Waals surface area contributed by atoms with Gasteiger partial charge in [-0.1, -0.05) is 25.3 Å². The minimum atomic E-state index is -0.900. The zero-order chi connectivity index (χ0) is 23.4. The summed E-state index contributed by atoms with van der Waals surface area (Å²) in [6, 6.07) is 4.92. The minimum absolute atomic E-state index is 0. The van der Waals surface area contributed by atoms with E-state index in [-0.39, 0.29) is 49.8 Å². The average Bonchev–Trinajstić information content (AvgIpc) is 2.78. The molecule has 0 unspecified atom stereocenters. The topological polar surface area (TPSA) is 140 Å². The molecule has 0 bridgehead atoms. The monoisotopic (exact) mass is 486 g/mol. The number of methoxy groups -OCH3 is 1. The summed E-state index contributed by atoms with van der Waals surface area (Å²) < 4.78 is 15.8. The van der Waals surface area contributed by atoms with Gasteiger partial charge in [-0.3, -0.25) is 4.79 Å². The Morgan fingerprint density at radius 2 is 1.91 bits per heavy atom. The van der Waals surface area contributed by atoms with Gasteiger partial charge in [0.2, 0.25) is 0 Å². The van der Waals surface area contributed by atoms with Gasteiger partial charge < -0.3 is 24.8 Å². The van der Waals surface area contributed by atoms with E-state index in [9.17, 15) is 19.7 Å². The van der Waals surface area contributed by atoms with Crippen LogP contribution in [0.15, 0.2) is 24.3 Å². The Bertz CT molecular complexity index is 825. The molecule has 33 heavy (non-hydrogen) atoms. The molecule has 10 nitrogen and oxygen atoms in total. The van der Waals surface area contributed by atoms with Crippen molar-refractivity contribution < 1.29 is 33.7 Å². The summed E-state index contributed by atoms with van der Waals surface area (Å²) in [5, 5.41) is 9.13. The fourth-order valence-corrected chi connectivity index (χ4v) is 3.68. The standard InChI is InChI=1S/C22H30N2O8.ClH/c1-29-19-14-17(7-9-20(25)30-12-5-13-31-24(27)28)6-8-18(19)32-21(26)15-22(16-23)10-3-2-4-11-22;/h6-9,14H,2-5,10-13,15-16,23H2,1H3;1H/b9-7+;. The van der Waals surface area contributed by atoms with E-state index < -0.39 is 11.1 Å². The van der Waals surface area contributed by atoms with Crippen LogP contribution >= 0.6 is 12.4 Å². The fourth-order valence-electron chi connectivity index (χ4n) is 3.68. The Morgan fingerprint density at radius 3 is 2.55 bits per heavy atom. The van der Waals surface area contributed by atoms with Gasteiger partial charge in [-0.05, 0) is 48.6 Å². The molecule has 11 heteroatoms. The summed E-state index contributed by atoms with van der Waals surface area (Å²) in [6.07, 6.45) is 8.40. The number of ether oxygens (including phenoxy) is 3. The van der Waals surface area contributed by atoms with Gasteiger partial charge in [0.25, 0.3) is 5.09 Å². The van der Waals surface area contributed by atoms with Crippen molar-refractivity contribution in [2.45, 2.75) is 44.9 Å². The maximum atomic E-state index is 12.5. The van der Waals surface area contributed by atoms with Gasteiger partial charge >= 0.3 is 11.9 Å². The van der Waals surface area contributed by atoms with Crippen LogP contribution in [-0.4, -0.2) is 43.9 Å². The molecule has 1 fully saturated rings. The van der Waals surface area contributed by atoms with E-state index in [1.807, 2.05) is 0 Å². The van der Waals surface area contributed by atoms with Crippen LogP contribution in [0.5, 0.6) is 11.5 Å². The largest absolute Gasteiger partial charge is 0.493 e. The Morgan fingerprint density at radius 1 is 1.18 bits per heavy atom. The van der Waals surface area contributed by atoms with Crippen molar-refractivity contribution in [3.05, 3.63) is 40.0 Å². The van der Waals surface area contributed by atoms with Crippen LogP contribution in [0.3, 0.4) is 0 Å². The molecule has 0 saturated heterocycles. The molecule has 2 rings (SSSR count). The summed E-state index contributed by atoms with van der Waals surface area (Å²) in [4.78, 5) is 38.4. The van der Waals surface area contributed by atoms with Crippen molar-refractivity contribution in [1.82, 2.24) is 0 Å². The van der Waals surface area contributed by atoms with Crippen LogP contribution in [0.1, 0.15) is 50.5 Å². The molecule has 1 aromatic rings. The molecular weight excluding hydrogens is 456 g/mol. The first-order chi connectivity index (χ1) is 15.4. The predicted octanol–water partition coefficient (Wildman–Crippen LogP) is 3.48. The lowest BCUT2D eigenvalue weighted by atomic mass is 9.72. The lowest BCUT2D eigenvalue weighted by Crippen LogP contribution is -2.36. The molecule has 0 aliphatic heterocycles. The third-order valence-electron chi connectivity index (χ3n) is 5.42. The van der Waals surface area contributed by atoms with E-state index in [0.717, 1.165) is 25.7 Å². The van der Waals surface area contributed by atoms with E-state index in [1.54, 1.807) is 18.2 Å². The smallest absolute Gasteiger partial charge is 0.330 e. The lowest BCUT2D eigenvalue weighted by Gasteiger charge is -2.35. The Hall–Kier alpha value is -2.85. The second-order valence-electron chi connectivity index (χ2n) is 7.74. The summed E-state index contributed by atoms with van der Waals surface area (Å²) in [5.74, 6) is -0.286. The number of benzene rings is 1. The maximum absolute atomic E-state index is 12.5. The van der Waals surface area contributed by atoms with Crippen molar-refractivity contribution in [1.29, 1.82) is 0 Å². The van der Waals surface area contributed by atoms with Crippen LogP contribution < -0.4 is 15.2 Å². The van der Waals surface area contributed by atoms with Gasteiger partial charge in [-0.25, -0.2) is 4.79 Å². The molecular formula is C22H31ClN2O8. The first-order valence-corrected chi connectivity index (χ1v) is 10.6. The summed E-state index contributed by atoms with van der Waals surface area (Å²) in [7, 11) is 1.46. The highest BCUT2D eigenvalue weighted by atomic mass is 35.5. The quantitative estimate of drug-likeness (QED) is 0.117. The number of nitrogens with two attached hydrogens (primary N) is 1. The molecule has 1 saturated carbocycles. The summed E-state index contributed by atoms with van der Waals surface area (Å²) >= 11 is 0. The van der Waals surface area contributed by atoms with Gasteiger partial charge in [-0.15, -0.1) is 22.5 Å². The number of hydrogen-bond donors (Lipinski definition) is 1. The Balaban J connectivity index is 0.00000544. The first kappa shape index (κ1) is 28.2. The van der Waals surface area contributed by atoms with E-state index in [2.05, 4.69) is 4.84 Å². The van der Waals surface area contributed by atoms with Crippen LogP contribution in [0, 0.1) is 15.5 Å². The lowest BCUT2D eigenvalue weighted by molar-refractivity contribution is -0.757. The molecule has 1 aromatic carbocycles. The van der Waals surface area contributed by atoms with Crippen LogP contribution in [0.25, 0.3) is 6.08 Å². The fraction of sp³-hybridized carbons (Fsp3) is 0.545. The number of halogens is 1. The van der Waals surface area contributed by atoms with Crippen LogP contribution in [-0.2, 0) is 19.2 Å². The molecule has 0 spiro atoms. The third-order valence-corrected chi connectivity index (χ3v) is 5.42. The Kier molecular flexibility index (Phi) is 12.2. The van der Waals surface area contributed by atoms with Gasteiger partial charge in [0, 0.05) is 12.5 Å². The van der Waals surface area contributed by atoms with Crippen LogP contribution in [0.2, 0.25) is 0 Å². The molecule has 1 aliphatic carbocycles. The highest BCUT2D eigenvalue weighted by Gasteiger charge is 2.34. The minimum Gasteiger partial charge on any atom is -0.493 e. The van der Waals surface area contributed by atoms with Crippen LogP contribution in [0.4, 0.5) is 0 Å². The van der Waals surface area contributed by atoms with Gasteiger partial charge in [-0.2, -0.15) is 0 Å². The molecule has 0 radical (unpaired) electrons. The number of rotatable bonds is 12. The summed E-state index contributed by atoms with van der Waals surface area (Å²) in [5.41, 5.74) is 6.41. The second-order valence-corrected chi connectivity index (χ2v) is 7.74. The van der Waals surface area contributed by atoms with E-state index in [4.69, 9.17) is 19.9 Å². The summed E-state index contributed by atoms with van der Waals surface area (Å²) in [6.45, 7) is 0.315. The molecule has 0 amide bonds. The van der Waals surface area contributed by atoms with Crippen molar-refractivity contribution >= 4 is 30.4 Å². The van der Waals surface area contributed by atoms with Gasteiger partial charge in [0.1, 0.15) is 0 Å². The number of carbonyl (C=O) groups excluding carboxylic acids is 2.